The molecule has 0 aliphatic carbocycles. The summed E-state index contributed by atoms with van der Waals surface area (Å²) in [6, 6.07) is 13.0. The zero-order chi connectivity index (χ0) is 18.0. The Morgan fingerprint density at radius 2 is 1.80 bits per heavy atom. The molecule has 3 rings (SSSR count). The summed E-state index contributed by atoms with van der Waals surface area (Å²) in [6.45, 7) is 4.05. The van der Waals surface area contributed by atoms with Gasteiger partial charge in [-0.1, -0.05) is 18.2 Å². The largest absolute Gasteiger partial charge is 0.495 e. The summed E-state index contributed by atoms with van der Waals surface area (Å²) in [5, 5.41) is 1.01. The van der Waals surface area contributed by atoms with Crippen LogP contribution in [0.4, 0.5) is 0 Å². The van der Waals surface area contributed by atoms with Crippen LogP contribution in [0.3, 0.4) is 0 Å². The number of ether oxygens (including phenoxy) is 1. The zero-order valence-corrected chi connectivity index (χ0v) is 15.3. The second-order valence-electron chi connectivity index (χ2n) is 5.99. The van der Waals surface area contributed by atoms with Crippen molar-refractivity contribution < 1.29 is 17.6 Å². The topological polar surface area (TPSA) is 68.5 Å². The number of benzene rings is 2. The highest BCUT2D eigenvalue weighted by molar-refractivity contribution is 7.89. The maximum absolute atomic E-state index is 12.6. The number of aryl methyl sites for hydroxylation is 2. The lowest BCUT2D eigenvalue weighted by atomic mass is 10.1. The molecule has 1 heterocycles. The number of methoxy groups -OCH3 is 1. The molecule has 0 amide bonds. The fraction of sp³-hybridized carbons (Fsp3) is 0.263. The molecule has 0 spiro atoms. The Morgan fingerprint density at radius 1 is 1.08 bits per heavy atom. The molecule has 0 saturated carbocycles. The van der Waals surface area contributed by atoms with Crippen molar-refractivity contribution in [2.45, 2.75) is 25.2 Å². The molecule has 1 N–H and O–H groups in total. The third-order valence-electron chi connectivity index (χ3n) is 4.21. The Labute approximate surface area is 147 Å². The molecule has 132 valence electrons. The lowest BCUT2D eigenvalue weighted by Gasteiger charge is -2.13. The van der Waals surface area contributed by atoms with E-state index in [1.54, 1.807) is 12.1 Å². The smallest absolute Gasteiger partial charge is 0.244 e. The van der Waals surface area contributed by atoms with Gasteiger partial charge in [-0.25, -0.2) is 13.1 Å². The summed E-state index contributed by atoms with van der Waals surface area (Å²) in [4.78, 5) is 0.155. The summed E-state index contributed by atoms with van der Waals surface area (Å²) >= 11 is 0. The molecular formula is C19H21NO4S. The van der Waals surface area contributed by atoms with E-state index >= 15 is 0 Å². The molecule has 0 aliphatic rings. The van der Waals surface area contributed by atoms with Crippen LogP contribution in [0.25, 0.3) is 11.0 Å². The Hall–Kier alpha value is -2.31. The van der Waals surface area contributed by atoms with Crippen molar-refractivity contribution in [2.75, 3.05) is 13.7 Å². The van der Waals surface area contributed by atoms with Crippen LogP contribution in [0.5, 0.6) is 5.75 Å². The first-order valence-electron chi connectivity index (χ1n) is 8.03. The molecule has 0 aliphatic heterocycles. The maximum atomic E-state index is 12.6. The van der Waals surface area contributed by atoms with E-state index in [9.17, 15) is 8.42 Å². The summed E-state index contributed by atoms with van der Waals surface area (Å²) in [5.74, 6) is 1.09. The van der Waals surface area contributed by atoms with Gasteiger partial charge in [0, 0.05) is 18.4 Å². The minimum Gasteiger partial charge on any atom is -0.495 e. The maximum Gasteiger partial charge on any atom is 0.244 e. The molecule has 0 unspecified atom stereocenters. The molecule has 0 bridgehead atoms. The van der Waals surface area contributed by atoms with Crippen LogP contribution in [0, 0.1) is 13.8 Å². The van der Waals surface area contributed by atoms with Gasteiger partial charge in [-0.05, 0) is 49.2 Å². The second kappa shape index (κ2) is 6.90. The zero-order valence-electron chi connectivity index (χ0n) is 14.5. The van der Waals surface area contributed by atoms with Gasteiger partial charge in [-0.3, -0.25) is 0 Å². The van der Waals surface area contributed by atoms with E-state index in [0.717, 1.165) is 27.9 Å². The van der Waals surface area contributed by atoms with Gasteiger partial charge in [-0.15, -0.1) is 0 Å². The fourth-order valence-corrected chi connectivity index (χ4v) is 3.94. The van der Waals surface area contributed by atoms with Crippen molar-refractivity contribution >= 4 is 21.0 Å². The van der Waals surface area contributed by atoms with Crippen LogP contribution in [0.2, 0.25) is 0 Å². The third-order valence-corrected chi connectivity index (χ3v) is 5.69. The first-order chi connectivity index (χ1) is 11.9. The number of fused-ring (bicyclic) bond motifs is 1. The number of furan rings is 1. The SMILES string of the molecule is COc1cc(C)c(C)cc1S(=O)(=O)NCCc1cc2ccccc2o1. The molecule has 1 aromatic heterocycles. The number of rotatable bonds is 6. The summed E-state index contributed by atoms with van der Waals surface area (Å²) in [7, 11) is -2.19. The molecule has 6 heteroatoms. The van der Waals surface area contributed by atoms with E-state index in [-0.39, 0.29) is 11.4 Å². The molecule has 2 aromatic carbocycles. The van der Waals surface area contributed by atoms with Crippen LogP contribution >= 0.6 is 0 Å². The molecule has 0 fully saturated rings. The second-order valence-corrected chi connectivity index (χ2v) is 7.72. The van der Waals surface area contributed by atoms with Crippen molar-refractivity contribution in [2.24, 2.45) is 0 Å². The average molecular weight is 359 g/mol. The minimum absolute atomic E-state index is 0.155. The molecule has 5 nitrogen and oxygen atoms in total. The first-order valence-corrected chi connectivity index (χ1v) is 9.51. The van der Waals surface area contributed by atoms with Crippen molar-refractivity contribution in [1.82, 2.24) is 4.72 Å². The minimum atomic E-state index is -3.66. The van der Waals surface area contributed by atoms with Gasteiger partial charge >= 0.3 is 0 Å². The molecule has 0 saturated heterocycles. The van der Waals surface area contributed by atoms with E-state index < -0.39 is 10.0 Å². The van der Waals surface area contributed by atoms with E-state index in [0.29, 0.717) is 12.2 Å². The van der Waals surface area contributed by atoms with Gasteiger partial charge in [0.25, 0.3) is 0 Å². The normalized spacial score (nSPS) is 11.8. The van der Waals surface area contributed by atoms with Crippen molar-refractivity contribution in [1.29, 1.82) is 0 Å². The van der Waals surface area contributed by atoms with Crippen molar-refractivity contribution in [3.8, 4) is 5.75 Å². The lowest BCUT2D eigenvalue weighted by molar-refractivity contribution is 0.401. The highest BCUT2D eigenvalue weighted by Crippen LogP contribution is 2.27. The van der Waals surface area contributed by atoms with E-state index in [1.807, 2.05) is 44.2 Å². The van der Waals surface area contributed by atoms with E-state index in [4.69, 9.17) is 9.15 Å². The Bertz CT molecular complexity index is 972. The quantitative estimate of drug-likeness (QED) is 0.730. The Morgan fingerprint density at radius 3 is 2.52 bits per heavy atom. The number of hydrogen-bond acceptors (Lipinski definition) is 4. The van der Waals surface area contributed by atoms with Crippen LogP contribution in [0.1, 0.15) is 16.9 Å². The molecule has 3 aromatic rings. The predicted molar refractivity (Wildman–Crippen MR) is 97.6 cm³/mol. The van der Waals surface area contributed by atoms with Gasteiger partial charge in [-0.2, -0.15) is 0 Å². The molecule has 0 radical (unpaired) electrons. The van der Waals surface area contributed by atoms with Crippen molar-refractivity contribution in [3.63, 3.8) is 0 Å². The van der Waals surface area contributed by atoms with E-state index in [1.165, 1.54) is 7.11 Å². The Kier molecular flexibility index (Phi) is 4.83. The van der Waals surface area contributed by atoms with E-state index in [2.05, 4.69) is 4.72 Å². The van der Waals surface area contributed by atoms with Gasteiger partial charge in [0.2, 0.25) is 10.0 Å². The fourth-order valence-electron chi connectivity index (χ4n) is 2.68. The summed E-state index contributed by atoms with van der Waals surface area (Å²) in [6.07, 6.45) is 0.473. The average Bonchev–Trinajstić information content (AvgIpc) is 2.99. The van der Waals surface area contributed by atoms with Crippen LogP contribution < -0.4 is 9.46 Å². The number of sulfonamides is 1. The standard InChI is InChI=1S/C19H21NO4S/c1-13-10-18(23-3)19(11-14(13)2)25(21,22)20-9-8-16-12-15-6-4-5-7-17(15)24-16/h4-7,10-12,20H,8-9H2,1-3H3. The summed E-state index contributed by atoms with van der Waals surface area (Å²) in [5.41, 5.74) is 2.69. The highest BCUT2D eigenvalue weighted by Gasteiger charge is 2.20. The van der Waals surface area contributed by atoms with Crippen molar-refractivity contribution in [3.05, 3.63) is 59.4 Å². The number of para-hydroxylation sites is 1. The molecular weight excluding hydrogens is 338 g/mol. The summed E-state index contributed by atoms with van der Waals surface area (Å²) < 4.78 is 38.8. The highest BCUT2D eigenvalue weighted by atomic mass is 32.2. The molecule has 0 atom stereocenters. The Balaban J connectivity index is 1.74. The first kappa shape index (κ1) is 17.5. The van der Waals surface area contributed by atoms with Gasteiger partial charge in [0.05, 0.1) is 7.11 Å². The lowest BCUT2D eigenvalue weighted by Crippen LogP contribution is -2.26. The van der Waals surface area contributed by atoms with Gasteiger partial charge < -0.3 is 9.15 Å². The van der Waals surface area contributed by atoms with Gasteiger partial charge in [0.1, 0.15) is 22.0 Å². The number of hydrogen-bond donors (Lipinski definition) is 1. The van der Waals surface area contributed by atoms with Crippen LogP contribution in [-0.4, -0.2) is 22.1 Å². The van der Waals surface area contributed by atoms with Gasteiger partial charge in [0.15, 0.2) is 0 Å². The number of nitrogens with one attached hydrogen (secondary N) is 1. The molecule has 25 heavy (non-hydrogen) atoms. The van der Waals surface area contributed by atoms with Crippen LogP contribution in [-0.2, 0) is 16.4 Å². The third kappa shape index (κ3) is 3.70. The monoisotopic (exact) mass is 359 g/mol. The van der Waals surface area contributed by atoms with Crippen LogP contribution in [0.15, 0.2) is 51.8 Å². The predicted octanol–water partition coefficient (Wildman–Crippen LogP) is 3.58.